The van der Waals surface area contributed by atoms with Crippen LogP contribution in [0.3, 0.4) is 0 Å². The van der Waals surface area contributed by atoms with Gasteiger partial charge in [0, 0.05) is 75.5 Å². The lowest BCUT2D eigenvalue weighted by Gasteiger charge is -2.29. The van der Waals surface area contributed by atoms with Gasteiger partial charge in [0.2, 0.25) is 17.7 Å². The minimum Gasteiger partial charge on any atom is -0.453 e. The van der Waals surface area contributed by atoms with Crippen molar-refractivity contribution in [3.05, 3.63) is 82.8 Å². The van der Waals surface area contributed by atoms with Crippen LogP contribution in [0.15, 0.2) is 60.9 Å². The summed E-state index contributed by atoms with van der Waals surface area (Å²) in [4.78, 5) is 69.9. The predicted octanol–water partition coefficient (Wildman–Crippen LogP) is 4.83. The van der Waals surface area contributed by atoms with E-state index in [2.05, 4.69) is 42.4 Å². The number of ether oxygens (including phenoxy) is 1. The number of H-pyrrole nitrogens is 1. The molecule has 4 saturated heterocycles. The van der Waals surface area contributed by atoms with Crippen molar-refractivity contribution >= 4 is 52.1 Å². The number of carbonyl (C=O) groups excluding carboxylic acids is 4. The Kier molecular flexibility index (Phi) is 8.79. The number of anilines is 1. The van der Waals surface area contributed by atoms with Gasteiger partial charge in [-0.25, -0.2) is 9.97 Å². The molecule has 4 amide bonds. The standard InChI is InChI=1S/C40H40ClN9O5/c1-22-30(21-47(2)46-22)36-44-34-35(31(41)16-42-37(34)45-36)55-28-11-7-24(8-12-28)39(53)50-15-3-4-32(50)40(54)49-19-25-17-48(18-26(25)20-49)27-9-5-23(6-10-27)29-13-14-33(51)43-38(29)52/h5-12,16,21,25-26,29,32H,3-4,13-15,17-20H2,1-2H3,(H,42,44,45)(H,43,51,52)/t25?,26?,29-,32-/m0/s1. The highest BCUT2D eigenvalue weighted by Gasteiger charge is 2.45. The number of nitrogens with one attached hydrogen (secondary N) is 2. The molecule has 7 heterocycles. The minimum absolute atomic E-state index is 0.0251. The summed E-state index contributed by atoms with van der Waals surface area (Å²) in [6, 6.07) is 14.5. The van der Waals surface area contributed by atoms with Gasteiger partial charge in [0.15, 0.2) is 11.4 Å². The van der Waals surface area contributed by atoms with Crippen molar-refractivity contribution in [3.8, 4) is 22.9 Å². The van der Waals surface area contributed by atoms with E-state index in [9.17, 15) is 19.2 Å². The fourth-order valence-electron chi connectivity index (χ4n) is 8.71. The van der Waals surface area contributed by atoms with Gasteiger partial charge in [-0.2, -0.15) is 5.10 Å². The Morgan fingerprint density at radius 3 is 2.40 bits per heavy atom. The number of hydrogen-bond donors (Lipinski definition) is 2. The van der Waals surface area contributed by atoms with Gasteiger partial charge in [0.1, 0.15) is 28.2 Å². The lowest BCUT2D eigenvalue weighted by Crippen LogP contribution is -2.47. The second-order valence-electron chi connectivity index (χ2n) is 15.1. The number of rotatable bonds is 7. The smallest absolute Gasteiger partial charge is 0.254 e. The summed E-state index contributed by atoms with van der Waals surface area (Å²) in [7, 11) is 1.85. The van der Waals surface area contributed by atoms with Crippen LogP contribution < -0.4 is 15.0 Å². The number of amides is 4. The molecule has 3 aromatic heterocycles. The van der Waals surface area contributed by atoms with Gasteiger partial charge in [-0.3, -0.25) is 29.2 Å². The molecule has 0 spiro atoms. The van der Waals surface area contributed by atoms with E-state index in [0.717, 1.165) is 42.0 Å². The molecule has 9 rings (SSSR count). The number of likely N-dealkylation sites (tertiary alicyclic amines) is 2. The second-order valence-corrected chi connectivity index (χ2v) is 15.5. The summed E-state index contributed by atoms with van der Waals surface area (Å²) in [6.45, 7) is 5.46. The van der Waals surface area contributed by atoms with Crippen LogP contribution in [-0.2, 0) is 21.4 Å². The first-order chi connectivity index (χ1) is 26.6. The number of imide groups is 1. The van der Waals surface area contributed by atoms with Crippen molar-refractivity contribution < 1.29 is 23.9 Å². The monoisotopic (exact) mass is 761 g/mol. The Balaban J connectivity index is 0.823. The number of carbonyl (C=O) groups is 4. The Morgan fingerprint density at radius 1 is 0.964 bits per heavy atom. The third-order valence-electron chi connectivity index (χ3n) is 11.5. The van der Waals surface area contributed by atoms with Crippen molar-refractivity contribution in [1.82, 2.24) is 39.8 Å². The molecule has 14 nitrogen and oxygen atoms in total. The van der Waals surface area contributed by atoms with Gasteiger partial charge in [-0.05, 0) is 68.1 Å². The molecule has 2 unspecified atom stereocenters. The maximum Gasteiger partial charge on any atom is 0.254 e. The van der Waals surface area contributed by atoms with Crippen molar-refractivity contribution in [2.45, 2.75) is 44.6 Å². The molecule has 4 aliphatic rings. The summed E-state index contributed by atoms with van der Waals surface area (Å²) in [5, 5.41) is 7.15. The van der Waals surface area contributed by atoms with E-state index < -0.39 is 6.04 Å². The number of nitrogens with zero attached hydrogens (tertiary/aromatic N) is 7. The number of aromatic nitrogens is 5. The molecular formula is C40H40ClN9O5. The molecule has 0 radical (unpaired) electrons. The van der Waals surface area contributed by atoms with E-state index in [0.29, 0.717) is 89.8 Å². The van der Waals surface area contributed by atoms with E-state index >= 15 is 0 Å². The number of aromatic amines is 1. The SMILES string of the molecule is Cc1nn(C)cc1-c1nc2ncc(Cl)c(Oc3ccc(C(=O)N4CCC[C@H]4C(=O)N4CC5CN(c6ccc([C@@H]7CCC(=O)NC7=O)cc6)CC5C4)cc3)c2[nH]1. The Hall–Kier alpha value is -5.76. The summed E-state index contributed by atoms with van der Waals surface area (Å²) in [5.41, 5.74) is 5.15. The fourth-order valence-corrected chi connectivity index (χ4v) is 8.89. The summed E-state index contributed by atoms with van der Waals surface area (Å²) in [5.74, 6) is 1.25. The summed E-state index contributed by atoms with van der Waals surface area (Å²) in [6.07, 6.45) is 5.67. The zero-order valence-electron chi connectivity index (χ0n) is 30.5. The number of aryl methyl sites for hydroxylation is 2. The first-order valence-electron chi connectivity index (χ1n) is 18.7. The van der Waals surface area contributed by atoms with Crippen LogP contribution in [0.2, 0.25) is 5.02 Å². The Bertz CT molecular complexity index is 2320. The number of piperidine rings is 1. The molecule has 15 heteroatoms. The van der Waals surface area contributed by atoms with E-state index in [1.54, 1.807) is 33.8 Å². The molecule has 55 heavy (non-hydrogen) atoms. The van der Waals surface area contributed by atoms with Gasteiger partial charge < -0.3 is 24.4 Å². The first-order valence-corrected chi connectivity index (χ1v) is 19.1. The quantitative estimate of drug-likeness (QED) is 0.222. The summed E-state index contributed by atoms with van der Waals surface area (Å²) >= 11 is 6.54. The fraction of sp³-hybridized carbons (Fsp3) is 0.375. The largest absolute Gasteiger partial charge is 0.453 e. The molecule has 4 aliphatic heterocycles. The molecule has 2 N–H and O–H groups in total. The highest BCUT2D eigenvalue weighted by atomic mass is 35.5. The van der Waals surface area contributed by atoms with Gasteiger partial charge in [0.25, 0.3) is 5.91 Å². The number of hydrogen-bond acceptors (Lipinski definition) is 9. The Labute approximate surface area is 321 Å². The van der Waals surface area contributed by atoms with E-state index in [1.165, 1.54) is 6.20 Å². The molecule has 5 aromatic rings. The second kappa shape index (κ2) is 13.8. The third-order valence-corrected chi connectivity index (χ3v) is 11.8. The molecule has 0 aliphatic carbocycles. The van der Waals surface area contributed by atoms with Crippen molar-refractivity contribution in [3.63, 3.8) is 0 Å². The predicted molar refractivity (Wildman–Crippen MR) is 204 cm³/mol. The Morgan fingerprint density at radius 2 is 1.71 bits per heavy atom. The number of pyridine rings is 1. The maximum absolute atomic E-state index is 13.9. The molecule has 0 bridgehead atoms. The number of benzene rings is 2. The zero-order valence-corrected chi connectivity index (χ0v) is 31.3. The number of halogens is 1. The topological polar surface area (TPSA) is 159 Å². The van der Waals surface area contributed by atoms with Gasteiger partial charge in [-0.15, -0.1) is 0 Å². The van der Waals surface area contributed by atoms with Gasteiger partial charge >= 0.3 is 0 Å². The van der Waals surface area contributed by atoms with Crippen molar-refractivity contribution in [2.24, 2.45) is 18.9 Å². The molecule has 4 fully saturated rings. The van der Waals surface area contributed by atoms with Crippen molar-refractivity contribution in [1.29, 1.82) is 0 Å². The maximum atomic E-state index is 13.9. The van der Waals surface area contributed by atoms with E-state index in [4.69, 9.17) is 16.3 Å². The lowest BCUT2D eigenvalue weighted by atomic mass is 9.90. The normalized spacial score (nSPS) is 22.4. The number of fused-ring (bicyclic) bond motifs is 2. The van der Waals surface area contributed by atoms with E-state index in [1.807, 2.05) is 37.2 Å². The van der Waals surface area contributed by atoms with E-state index in [-0.39, 0.29) is 29.5 Å². The molecule has 282 valence electrons. The average molecular weight is 762 g/mol. The summed E-state index contributed by atoms with van der Waals surface area (Å²) < 4.78 is 7.95. The molecular weight excluding hydrogens is 722 g/mol. The van der Waals surface area contributed by atoms with Crippen LogP contribution >= 0.6 is 11.6 Å². The highest BCUT2D eigenvalue weighted by Crippen LogP contribution is 2.38. The van der Waals surface area contributed by atoms with Gasteiger partial charge in [0.05, 0.1) is 23.4 Å². The van der Waals surface area contributed by atoms with Crippen LogP contribution in [-0.4, -0.2) is 96.9 Å². The highest BCUT2D eigenvalue weighted by molar-refractivity contribution is 6.32. The first kappa shape index (κ1) is 35.0. The number of imidazole rings is 1. The van der Waals surface area contributed by atoms with Crippen LogP contribution in [0, 0.1) is 18.8 Å². The minimum atomic E-state index is -0.486. The third kappa shape index (κ3) is 6.47. The van der Waals surface area contributed by atoms with Crippen molar-refractivity contribution in [2.75, 3.05) is 37.6 Å². The van der Waals surface area contributed by atoms with Crippen LogP contribution in [0.1, 0.15) is 53.2 Å². The molecule has 2 aromatic carbocycles. The average Bonchev–Trinajstić information content (AvgIpc) is 4.01. The van der Waals surface area contributed by atoms with Crippen LogP contribution in [0.4, 0.5) is 5.69 Å². The van der Waals surface area contributed by atoms with Gasteiger partial charge in [-0.1, -0.05) is 23.7 Å². The zero-order chi connectivity index (χ0) is 38.0. The molecule has 0 saturated carbocycles. The lowest BCUT2D eigenvalue weighted by molar-refractivity contribution is -0.135. The van der Waals surface area contributed by atoms with Crippen LogP contribution in [0.5, 0.6) is 11.5 Å². The molecule has 4 atom stereocenters. The van der Waals surface area contributed by atoms with Crippen LogP contribution in [0.25, 0.3) is 22.6 Å².